The van der Waals surface area contributed by atoms with Gasteiger partial charge in [0.05, 0.1) is 6.61 Å². The summed E-state index contributed by atoms with van der Waals surface area (Å²) in [6, 6.07) is 0.587. The van der Waals surface area contributed by atoms with Crippen molar-refractivity contribution in [3.8, 4) is 0 Å². The summed E-state index contributed by atoms with van der Waals surface area (Å²) in [6.07, 6.45) is 2.54. The van der Waals surface area contributed by atoms with Gasteiger partial charge in [-0.25, -0.2) is 0 Å². The first kappa shape index (κ1) is 16.9. The number of methoxy groups -OCH3 is 1. The van der Waals surface area contributed by atoms with E-state index in [2.05, 4.69) is 37.9 Å². The van der Waals surface area contributed by atoms with E-state index in [0.717, 1.165) is 32.8 Å². The Morgan fingerprint density at radius 3 is 2.47 bits per heavy atom. The second-order valence-corrected chi connectivity index (χ2v) is 5.29. The predicted molar refractivity (Wildman–Crippen MR) is 75.5 cm³/mol. The molecule has 0 amide bonds. The highest BCUT2D eigenvalue weighted by atomic mass is 16.5. The average molecular weight is 244 g/mol. The highest BCUT2D eigenvalue weighted by Crippen LogP contribution is 2.04. The molecule has 17 heavy (non-hydrogen) atoms. The molecule has 0 aliphatic rings. The van der Waals surface area contributed by atoms with E-state index in [1.165, 1.54) is 12.8 Å². The van der Waals surface area contributed by atoms with Gasteiger partial charge in [-0.15, -0.1) is 0 Å². The second-order valence-electron chi connectivity index (χ2n) is 5.29. The van der Waals surface area contributed by atoms with Crippen molar-refractivity contribution in [3.05, 3.63) is 0 Å². The van der Waals surface area contributed by atoms with E-state index in [0.29, 0.717) is 12.0 Å². The molecule has 0 aromatic rings. The molecular weight excluding hydrogens is 212 g/mol. The molecule has 0 saturated carbocycles. The maximum Gasteiger partial charge on any atom is 0.0589 e. The first-order valence-corrected chi connectivity index (χ1v) is 7.05. The third kappa shape index (κ3) is 9.57. The Bertz CT molecular complexity index is 162. The summed E-state index contributed by atoms with van der Waals surface area (Å²) in [5, 5.41) is 3.53. The number of unbranched alkanes of at least 4 members (excludes halogenated alkanes) is 1. The van der Waals surface area contributed by atoms with Gasteiger partial charge >= 0.3 is 0 Å². The van der Waals surface area contributed by atoms with Gasteiger partial charge in [-0.3, -0.25) is 4.90 Å². The molecule has 0 fully saturated rings. The van der Waals surface area contributed by atoms with Crippen LogP contribution in [0.1, 0.15) is 40.5 Å². The minimum atomic E-state index is 0.587. The standard InChI is InChI=1S/C14H32N2O/c1-6-7-8-15-11-14(4)16(9-10-17-5)12-13(2)3/h13-15H,6-12H2,1-5H3. The maximum absolute atomic E-state index is 5.19. The van der Waals surface area contributed by atoms with E-state index >= 15 is 0 Å². The second kappa shape index (κ2) is 11.0. The van der Waals surface area contributed by atoms with Crippen LogP contribution in [0.25, 0.3) is 0 Å². The third-order valence-corrected chi connectivity index (χ3v) is 2.95. The smallest absolute Gasteiger partial charge is 0.0589 e. The minimum absolute atomic E-state index is 0.587. The number of hydrogen-bond donors (Lipinski definition) is 1. The van der Waals surface area contributed by atoms with Crippen molar-refractivity contribution >= 4 is 0 Å². The largest absolute Gasteiger partial charge is 0.383 e. The van der Waals surface area contributed by atoms with E-state index in [1.54, 1.807) is 7.11 Å². The monoisotopic (exact) mass is 244 g/mol. The fourth-order valence-electron chi connectivity index (χ4n) is 1.91. The molecule has 0 radical (unpaired) electrons. The highest BCUT2D eigenvalue weighted by Gasteiger charge is 2.14. The van der Waals surface area contributed by atoms with Crippen LogP contribution in [0.15, 0.2) is 0 Å². The van der Waals surface area contributed by atoms with Gasteiger partial charge in [0.1, 0.15) is 0 Å². The SMILES string of the molecule is CCCCNCC(C)N(CCOC)CC(C)C. The number of hydrogen-bond acceptors (Lipinski definition) is 3. The Labute approximate surface area is 108 Å². The Hall–Kier alpha value is -0.120. The Morgan fingerprint density at radius 2 is 1.94 bits per heavy atom. The minimum Gasteiger partial charge on any atom is -0.383 e. The first-order valence-electron chi connectivity index (χ1n) is 7.05. The fourth-order valence-corrected chi connectivity index (χ4v) is 1.91. The van der Waals surface area contributed by atoms with Gasteiger partial charge in [0.2, 0.25) is 0 Å². The molecule has 1 unspecified atom stereocenters. The van der Waals surface area contributed by atoms with Gasteiger partial charge in [-0.1, -0.05) is 27.2 Å². The lowest BCUT2D eigenvalue weighted by molar-refractivity contribution is 0.114. The van der Waals surface area contributed by atoms with Crippen molar-refractivity contribution in [2.75, 3.05) is 39.9 Å². The van der Waals surface area contributed by atoms with E-state index in [1.807, 2.05) is 0 Å². The van der Waals surface area contributed by atoms with Crippen molar-refractivity contribution in [2.24, 2.45) is 5.92 Å². The van der Waals surface area contributed by atoms with Gasteiger partial charge in [0, 0.05) is 32.8 Å². The van der Waals surface area contributed by atoms with Crippen LogP contribution in [0.3, 0.4) is 0 Å². The third-order valence-electron chi connectivity index (χ3n) is 2.95. The van der Waals surface area contributed by atoms with Crippen molar-refractivity contribution in [3.63, 3.8) is 0 Å². The van der Waals surface area contributed by atoms with Crippen LogP contribution in [0.4, 0.5) is 0 Å². The summed E-state index contributed by atoms with van der Waals surface area (Å²) in [6.45, 7) is 14.3. The lowest BCUT2D eigenvalue weighted by Gasteiger charge is -2.30. The van der Waals surface area contributed by atoms with Crippen LogP contribution in [-0.4, -0.2) is 50.8 Å². The summed E-state index contributed by atoms with van der Waals surface area (Å²) >= 11 is 0. The van der Waals surface area contributed by atoms with Crippen LogP contribution in [0.2, 0.25) is 0 Å². The van der Waals surface area contributed by atoms with Gasteiger partial charge in [0.15, 0.2) is 0 Å². The van der Waals surface area contributed by atoms with E-state index in [9.17, 15) is 0 Å². The van der Waals surface area contributed by atoms with Crippen molar-refractivity contribution in [1.82, 2.24) is 10.2 Å². The van der Waals surface area contributed by atoms with Crippen molar-refractivity contribution in [1.29, 1.82) is 0 Å². The predicted octanol–water partition coefficient (Wildman–Crippen LogP) is 2.37. The van der Waals surface area contributed by atoms with Crippen LogP contribution in [-0.2, 0) is 4.74 Å². The Balaban J connectivity index is 3.89. The zero-order valence-corrected chi connectivity index (χ0v) is 12.5. The summed E-state index contributed by atoms with van der Waals surface area (Å²) in [7, 11) is 1.78. The summed E-state index contributed by atoms with van der Waals surface area (Å²) in [5.41, 5.74) is 0. The summed E-state index contributed by atoms with van der Waals surface area (Å²) < 4.78 is 5.19. The molecule has 1 N–H and O–H groups in total. The van der Waals surface area contributed by atoms with Crippen LogP contribution in [0, 0.1) is 5.92 Å². The summed E-state index contributed by atoms with van der Waals surface area (Å²) in [5.74, 6) is 0.713. The van der Waals surface area contributed by atoms with E-state index in [4.69, 9.17) is 4.74 Å². The van der Waals surface area contributed by atoms with Gasteiger partial charge in [-0.05, 0) is 25.8 Å². The van der Waals surface area contributed by atoms with E-state index < -0.39 is 0 Å². The fraction of sp³-hybridized carbons (Fsp3) is 1.00. The molecular formula is C14H32N2O. The zero-order valence-electron chi connectivity index (χ0n) is 12.5. The van der Waals surface area contributed by atoms with Gasteiger partial charge < -0.3 is 10.1 Å². The van der Waals surface area contributed by atoms with Gasteiger partial charge in [-0.2, -0.15) is 0 Å². The zero-order chi connectivity index (χ0) is 13.1. The number of nitrogens with one attached hydrogen (secondary N) is 1. The molecule has 3 heteroatoms. The molecule has 1 atom stereocenters. The molecule has 0 aliphatic carbocycles. The van der Waals surface area contributed by atoms with E-state index in [-0.39, 0.29) is 0 Å². The molecule has 3 nitrogen and oxygen atoms in total. The lowest BCUT2D eigenvalue weighted by atomic mass is 10.1. The highest BCUT2D eigenvalue weighted by molar-refractivity contribution is 4.71. The number of nitrogens with zero attached hydrogens (tertiary/aromatic N) is 1. The Morgan fingerprint density at radius 1 is 1.24 bits per heavy atom. The normalized spacial score (nSPS) is 13.6. The molecule has 104 valence electrons. The molecule has 0 aliphatic heterocycles. The average Bonchev–Trinajstić information content (AvgIpc) is 2.29. The molecule has 0 saturated heterocycles. The molecule has 0 rings (SSSR count). The molecule has 0 heterocycles. The maximum atomic E-state index is 5.19. The molecule has 0 spiro atoms. The van der Waals surface area contributed by atoms with Crippen LogP contribution < -0.4 is 5.32 Å². The topological polar surface area (TPSA) is 24.5 Å². The first-order chi connectivity index (χ1) is 8.11. The lowest BCUT2D eigenvalue weighted by Crippen LogP contribution is -2.44. The van der Waals surface area contributed by atoms with Crippen LogP contribution in [0.5, 0.6) is 0 Å². The quantitative estimate of drug-likeness (QED) is 0.565. The number of ether oxygens (including phenoxy) is 1. The van der Waals surface area contributed by atoms with Crippen LogP contribution >= 0.6 is 0 Å². The molecule has 0 aromatic heterocycles. The summed E-state index contributed by atoms with van der Waals surface area (Å²) in [4.78, 5) is 2.52. The van der Waals surface area contributed by atoms with Gasteiger partial charge in [0.25, 0.3) is 0 Å². The molecule has 0 aromatic carbocycles. The molecule has 0 bridgehead atoms. The number of rotatable bonds is 11. The van der Waals surface area contributed by atoms with Crippen molar-refractivity contribution < 1.29 is 4.74 Å². The van der Waals surface area contributed by atoms with Crippen molar-refractivity contribution in [2.45, 2.75) is 46.6 Å². The Kier molecular flexibility index (Phi) is 10.9.